The topological polar surface area (TPSA) is 81.1 Å². The standard InChI is InChI=1S/C14H17N3O2/c1-14(2,12(15)13(18)19)10-8-16-17(9-10)11-6-4-3-5-7-11/h3-9,12H,15H2,1-2H3,(H,18,19). The van der Waals surface area contributed by atoms with E-state index in [9.17, 15) is 4.79 Å². The van der Waals surface area contributed by atoms with Crippen LogP contribution in [0.15, 0.2) is 42.7 Å². The number of nitrogens with zero attached hydrogens (tertiary/aromatic N) is 2. The summed E-state index contributed by atoms with van der Waals surface area (Å²) in [6.07, 6.45) is 3.48. The summed E-state index contributed by atoms with van der Waals surface area (Å²) in [5.41, 5.74) is 6.78. The predicted octanol–water partition coefficient (Wildman–Crippen LogP) is 1.56. The summed E-state index contributed by atoms with van der Waals surface area (Å²) in [5.74, 6) is -1.02. The Morgan fingerprint density at radius 1 is 1.37 bits per heavy atom. The number of benzene rings is 1. The second-order valence-electron chi connectivity index (χ2n) is 5.05. The van der Waals surface area contributed by atoms with Gasteiger partial charge in [-0.25, -0.2) is 4.68 Å². The van der Waals surface area contributed by atoms with E-state index < -0.39 is 17.4 Å². The number of carboxylic acid groups (broad SMARTS) is 1. The first-order valence-electron chi connectivity index (χ1n) is 6.02. The molecule has 0 fully saturated rings. The van der Waals surface area contributed by atoms with E-state index in [2.05, 4.69) is 5.10 Å². The molecule has 0 aliphatic heterocycles. The second kappa shape index (κ2) is 4.85. The predicted molar refractivity (Wildman–Crippen MR) is 72.2 cm³/mol. The second-order valence-corrected chi connectivity index (χ2v) is 5.05. The Morgan fingerprint density at radius 3 is 2.58 bits per heavy atom. The smallest absolute Gasteiger partial charge is 0.321 e. The van der Waals surface area contributed by atoms with Gasteiger partial charge in [0.1, 0.15) is 6.04 Å². The molecule has 5 nitrogen and oxygen atoms in total. The number of aliphatic carboxylic acids is 1. The summed E-state index contributed by atoms with van der Waals surface area (Å²) in [4.78, 5) is 11.0. The minimum absolute atomic E-state index is 0.682. The summed E-state index contributed by atoms with van der Waals surface area (Å²) in [6, 6.07) is 8.66. The first kappa shape index (κ1) is 13.3. The zero-order valence-corrected chi connectivity index (χ0v) is 10.9. The molecule has 1 aromatic heterocycles. The highest BCUT2D eigenvalue weighted by molar-refractivity contribution is 5.75. The SMILES string of the molecule is CC(C)(c1cnn(-c2ccccc2)c1)C(N)C(=O)O. The molecule has 1 unspecified atom stereocenters. The molecule has 19 heavy (non-hydrogen) atoms. The van der Waals surface area contributed by atoms with Crippen LogP contribution in [0.3, 0.4) is 0 Å². The maximum atomic E-state index is 11.0. The molecule has 0 saturated heterocycles. The van der Waals surface area contributed by atoms with Crippen molar-refractivity contribution in [2.45, 2.75) is 25.3 Å². The van der Waals surface area contributed by atoms with Crippen molar-refractivity contribution >= 4 is 5.97 Å². The van der Waals surface area contributed by atoms with Gasteiger partial charge in [0.2, 0.25) is 0 Å². The molecule has 1 aromatic carbocycles. The van der Waals surface area contributed by atoms with Gasteiger partial charge in [0.25, 0.3) is 0 Å². The number of hydrogen-bond acceptors (Lipinski definition) is 3. The van der Waals surface area contributed by atoms with E-state index in [0.717, 1.165) is 11.3 Å². The molecule has 1 heterocycles. The van der Waals surface area contributed by atoms with Crippen molar-refractivity contribution in [3.05, 3.63) is 48.3 Å². The third-order valence-electron chi connectivity index (χ3n) is 3.39. The molecule has 0 bridgehead atoms. The summed E-state index contributed by atoms with van der Waals surface area (Å²) in [6.45, 7) is 3.61. The zero-order chi connectivity index (χ0) is 14.0. The average molecular weight is 259 g/mol. The molecule has 0 aliphatic carbocycles. The molecule has 0 saturated carbocycles. The number of nitrogens with two attached hydrogens (primary N) is 1. The summed E-state index contributed by atoms with van der Waals surface area (Å²) in [7, 11) is 0. The highest BCUT2D eigenvalue weighted by atomic mass is 16.4. The Morgan fingerprint density at radius 2 is 2.00 bits per heavy atom. The van der Waals surface area contributed by atoms with Crippen LogP contribution in [-0.2, 0) is 10.2 Å². The van der Waals surface area contributed by atoms with Crippen LogP contribution in [0.2, 0.25) is 0 Å². The summed E-state index contributed by atoms with van der Waals surface area (Å²) < 4.78 is 1.71. The van der Waals surface area contributed by atoms with Crippen LogP contribution in [-0.4, -0.2) is 26.9 Å². The van der Waals surface area contributed by atoms with E-state index >= 15 is 0 Å². The minimum atomic E-state index is -1.02. The largest absolute Gasteiger partial charge is 0.480 e. The van der Waals surface area contributed by atoms with Crippen molar-refractivity contribution in [3.63, 3.8) is 0 Å². The molecule has 0 radical (unpaired) electrons. The van der Waals surface area contributed by atoms with Gasteiger partial charge in [0.05, 0.1) is 11.9 Å². The molecule has 3 N–H and O–H groups in total. The lowest BCUT2D eigenvalue weighted by Gasteiger charge is -2.27. The third kappa shape index (κ3) is 2.51. The van der Waals surface area contributed by atoms with Gasteiger partial charge in [-0.1, -0.05) is 32.0 Å². The van der Waals surface area contributed by atoms with Gasteiger partial charge < -0.3 is 10.8 Å². The van der Waals surface area contributed by atoms with E-state index in [1.807, 2.05) is 36.5 Å². The zero-order valence-electron chi connectivity index (χ0n) is 10.9. The number of carboxylic acids is 1. The summed E-state index contributed by atoms with van der Waals surface area (Å²) >= 11 is 0. The molecule has 5 heteroatoms. The van der Waals surface area contributed by atoms with Crippen LogP contribution in [0.4, 0.5) is 0 Å². The van der Waals surface area contributed by atoms with Crippen LogP contribution in [0, 0.1) is 0 Å². The highest BCUT2D eigenvalue weighted by Gasteiger charge is 2.34. The lowest BCUT2D eigenvalue weighted by Crippen LogP contribution is -2.46. The fourth-order valence-corrected chi connectivity index (χ4v) is 1.87. The average Bonchev–Trinajstić information content (AvgIpc) is 2.89. The van der Waals surface area contributed by atoms with Gasteiger partial charge >= 0.3 is 5.97 Å². The third-order valence-corrected chi connectivity index (χ3v) is 3.39. The molecule has 0 aliphatic rings. The van der Waals surface area contributed by atoms with E-state index in [4.69, 9.17) is 10.8 Å². The van der Waals surface area contributed by atoms with Crippen molar-refractivity contribution in [1.82, 2.24) is 9.78 Å². The van der Waals surface area contributed by atoms with Crippen molar-refractivity contribution in [1.29, 1.82) is 0 Å². The quantitative estimate of drug-likeness (QED) is 0.873. The Hall–Kier alpha value is -2.14. The maximum Gasteiger partial charge on any atom is 0.321 e. The Balaban J connectivity index is 2.34. The fourth-order valence-electron chi connectivity index (χ4n) is 1.87. The van der Waals surface area contributed by atoms with Crippen molar-refractivity contribution in [2.75, 3.05) is 0 Å². The molecule has 100 valence electrons. The fraction of sp³-hybridized carbons (Fsp3) is 0.286. The number of para-hydroxylation sites is 1. The van der Waals surface area contributed by atoms with Gasteiger partial charge in [-0.2, -0.15) is 5.10 Å². The molecule has 2 aromatic rings. The van der Waals surface area contributed by atoms with Gasteiger partial charge in [-0.15, -0.1) is 0 Å². The molecule has 1 atom stereocenters. The van der Waals surface area contributed by atoms with Gasteiger partial charge in [-0.05, 0) is 17.7 Å². The molecule has 2 rings (SSSR count). The van der Waals surface area contributed by atoms with E-state index in [-0.39, 0.29) is 0 Å². The van der Waals surface area contributed by atoms with Crippen LogP contribution < -0.4 is 5.73 Å². The number of rotatable bonds is 4. The van der Waals surface area contributed by atoms with Gasteiger partial charge in [-0.3, -0.25) is 4.79 Å². The van der Waals surface area contributed by atoms with Crippen molar-refractivity contribution in [3.8, 4) is 5.69 Å². The molecule has 0 amide bonds. The van der Waals surface area contributed by atoms with Crippen LogP contribution >= 0.6 is 0 Å². The van der Waals surface area contributed by atoms with E-state index in [1.165, 1.54) is 0 Å². The van der Waals surface area contributed by atoms with Crippen LogP contribution in [0.5, 0.6) is 0 Å². The van der Waals surface area contributed by atoms with Crippen molar-refractivity contribution in [2.24, 2.45) is 5.73 Å². The first-order valence-corrected chi connectivity index (χ1v) is 6.02. The molecular formula is C14H17N3O2. The maximum absolute atomic E-state index is 11.0. The lowest BCUT2D eigenvalue weighted by atomic mass is 9.80. The minimum Gasteiger partial charge on any atom is -0.480 e. The lowest BCUT2D eigenvalue weighted by molar-refractivity contribution is -0.140. The molecular weight excluding hydrogens is 242 g/mol. The van der Waals surface area contributed by atoms with Gasteiger partial charge in [0.15, 0.2) is 0 Å². The first-order chi connectivity index (χ1) is 8.93. The van der Waals surface area contributed by atoms with E-state index in [0.29, 0.717) is 0 Å². The van der Waals surface area contributed by atoms with Crippen LogP contribution in [0.25, 0.3) is 5.69 Å². The number of hydrogen-bond donors (Lipinski definition) is 2. The Labute approximate surface area is 111 Å². The normalized spacial score (nSPS) is 13.2. The monoisotopic (exact) mass is 259 g/mol. The summed E-state index contributed by atoms with van der Waals surface area (Å²) in [5, 5.41) is 13.3. The van der Waals surface area contributed by atoms with Gasteiger partial charge in [0, 0.05) is 11.6 Å². The molecule has 0 spiro atoms. The van der Waals surface area contributed by atoms with Crippen LogP contribution in [0.1, 0.15) is 19.4 Å². The number of carbonyl (C=O) groups is 1. The highest BCUT2D eigenvalue weighted by Crippen LogP contribution is 2.26. The van der Waals surface area contributed by atoms with E-state index in [1.54, 1.807) is 24.7 Å². The number of aromatic nitrogens is 2. The Kier molecular flexibility index (Phi) is 3.40. The van der Waals surface area contributed by atoms with Crippen molar-refractivity contribution < 1.29 is 9.90 Å². The Bertz CT molecular complexity index is 575.